The molecule has 0 rings (SSSR count). The van der Waals surface area contributed by atoms with Crippen LogP contribution in [0.15, 0.2) is 0 Å². The van der Waals surface area contributed by atoms with Crippen LogP contribution in [0.5, 0.6) is 0 Å². The van der Waals surface area contributed by atoms with E-state index in [1.807, 2.05) is 0 Å². The summed E-state index contributed by atoms with van der Waals surface area (Å²) in [5, 5.41) is 25.9. The van der Waals surface area contributed by atoms with Crippen molar-refractivity contribution >= 4 is 41.4 Å². The average Bonchev–Trinajstić information content (AvgIpc) is 2.77. The standard InChI is InChI=1S/C19H36N6O7S/c1-33-9-7-12(23-16(28)11(21)5-6-15(22)27)17(29)25-14(10-26)18(30)24-13(19(31)32)4-2-3-8-20/h11-14,26H,2-10,20-21H2,1H3,(H2,22,27)(H,23,28)(H,24,30)(H,25,29)(H,31,32). The number of unbranched alkanes of at least 4 members (excludes halogenated alkanes) is 1. The van der Waals surface area contributed by atoms with Gasteiger partial charge in [-0.25, -0.2) is 4.79 Å². The first kappa shape index (κ1) is 30.6. The summed E-state index contributed by atoms with van der Waals surface area (Å²) in [7, 11) is 0. The molecule has 0 aliphatic heterocycles. The van der Waals surface area contributed by atoms with Crippen LogP contribution in [0.25, 0.3) is 0 Å². The fourth-order valence-electron chi connectivity index (χ4n) is 2.70. The van der Waals surface area contributed by atoms with Gasteiger partial charge in [0, 0.05) is 6.42 Å². The molecule has 0 bridgehead atoms. The van der Waals surface area contributed by atoms with Crippen molar-refractivity contribution in [2.24, 2.45) is 17.2 Å². The molecular weight excluding hydrogens is 456 g/mol. The van der Waals surface area contributed by atoms with Gasteiger partial charge >= 0.3 is 5.97 Å². The number of carboxylic acids is 1. The summed E-state index contributed by atoms with van der Waals surface area (Å²) in [6, 6.07) is -4.76. The molecule has 4 unspecified atom stereocenters. The zero-order valence-electron chi connectivity index (χ0n) is 18.7. The van der Waals surface area contributed by atoms with Crippen LogP contribution >= 0.6 is 11.8 Å². The first-order chi connectivity index (χ1) is 15.6. The quantitative estimate of drug-likeness (QED) is 0.0901. The summed E-state index contributed by atoms with van der Waals surface area (Å²) >= 11 is 1.42. The molecule has 190 valence electrons. The Balaban J connectivity index is 5.12. The number of aliphatic hydroxyl groups excluding tert-OH is 1. The van der Waals surface area contributed by atoms with Gasteiger partial charge in [0.25, 0.3) is 0 Å². The van der Waals surface area contributed by atoms with Crippen LogP contribution in [0.4, 0.5) is 0 Å². The number of hydrogen-bond acceptors (Lipinski definition) is 9. The number of rotatable bonds is 18. The fraction of sp³-hybridized carbons (Fsp3) is 0.737. The van der Waals surface area contributed by atoms with Gasteiger partial charge in [-0.1, -0.05) is 0 Å². The maximum Gasteiger partial charge on any atom is 0.326 e. The Bertz CT molecular complexity index is 667. The van der Waals surface area contributed by atoms with Crippen molar-refractivity contribution in [1.82, 2.24) is 16.0 Å². The van der Waals surface area contributed by atoms with Crippen LogP contribution in [0.1, 0.15) is 38.5 Å². The summed E-state index contributed by atoms with van der Waals surface area (Å²) in [5.41, 5.74) is 16.2. The van der Waals surface area contributed by atoms with E-state index in [9.17, 15) is 34.2 Å². The largest absolute Gasteiger partial charge is 0.480 e. The smallest absolute Gasteiger partial charge is 0.326 e. The molecule has 0 aliphatic rings. The van der Waals surface area contributed by atoms with Gasteiger partial charge in [-0.15, -0.1) is 0 Å². The number of primary amides is 1. The van der Waals surface area contributed by atoms with Gasteiger partial charge in [-0.3, -0.25) is 19.2 Å². The highest BCUT2D eigenvalue weighted by Gasteiger charge is 2.29. The Kier molecular flexibility index (Phi) is 15.9. The van der Waals surface area contributed by atoms with E-state index in [4.69, 9.17) is 17.2 Å². The third kappa shape index (κ3) is 13.0. The lowest BCUT2D eigenvalue weighted by atomic mass is 10.1. The van der Waals surface area contributed by atoms with Crippen molar-refractivity contribution in [2.75, 3.05) is 25.2 Å². The van der Waals surface area contributed by atoms with Crippen LogP contribution in [0.2, 0.25) is 0 Å². The van der Waals surface area contributed by atoms with Crippen LogP contribution in [0.3, 0.4) is 0 Å². The molecule has 0 saturated heterocycles. The monoisotopic (exact) mass is 492 g/mol. The third-order valence-electron chi connectivity index (χ3n) is 4.66. The molecule has 0 heterocycles. The minimum atomic E-state index is -1.42. The number of nitrogens with two attached hydrogens (primary N) is 3. The number of amides is 4. The van der Waals surface area contributed by atoms with E-state index in [2.05, 4.69) is 16.0 Å². The van der Waals surface area contributed by atoms with Crippen molar-refractivity contribution in [3.05, 3.63) is 0 Å². The van der Waals surface area contributed by atoms with E-state index in [1.54, 1.807) is 6.26 Å². The summed E-state index contributed by atoms with van der Waals surface area (Å²) in [4.78, 5) is 59.7. The minimum absolute atomic E-state index is 0.000434. The lowest BCUT2D eigenvalue weighted by Crippen LogP contribution is -2.58. The third-order valence-corrected chi connectivity index (χ3v) is 5.30. The van der Waals surface area contributed by atoms with Gasteiger partial charge in [0.15, 0.2) is 0 Å². The lowest BCUT2D eigenvalue weighted by molar-refractivity contribution is -0.142. The highest BCUT2D eigenvalue weighted by Crippen LogP contribution is 2.05. The predicted molar refractivity (Wildman–Crippen MR) is 123 cm³/mol. The Labute approximate surface area is 196 Å². The van der Waals surface area contributed by atoms with Gasteiger partial charge in [0.05, 0.1) is 12.6 Å². The molecule has 0 saturated carbocycles. The Morgan fingerprint density at radius 3 is 1.97 bits per heavy atom. The number of hydrogen-bond donors (Lipinski definition) is 8. The molecule has 4 amide bonds. The zero-order chi connectivity index (χ0) is 25.4. The van der Waals surface area contributed by atoms with Gasteiger partial charge in [-0.2, -0.15) is 11.8 Å². The SMILES string of the molecule is CSCCC(NC(=O)C(N)CCC(N)=O)C(=O)NC(CO)C(=O)NC(CCCCN)C(=O)O. The molecule has 14 heteroatoms. The molecule has 33 heavy (non-hydrogen) atoms. The van der Waals surface area contributed by atoms with E-state index in [-0.39, 0.29) is 25.7 Å². The minimum Gasteiger partial charge on any atom is -0.480 e. The predicted octanol–water partition coefficient (Wildman–Crippen LogP) is -3.01. The topological polar surface area (TPSA) is 240 Å². The van der Waals surface area contributed by atoms with E-state index < -0.39 is 60.4 Å². The van der Waals surface area contributed by atoms with E-state index in [0.717, 1.165) is 0 Å². The summed E-state index contributed by atoms with van der Waals surface area (Å²) in [6.45, 7) is -0.404. The van der Waals surface area contributed by atoms with Crippen LogP contribution < -0.4 is 33.2 Å². The Morgan fingerprint density at radius 1 is 0.879 bits per heavy atom. The number of carboxylic acid groups (broad SMARTS) is 1. The van der Waals surface area contributed by atoms with Crippen LogP contribution in [-0.2, 0) is 24.0 Å². The number of thioether (sulfide) groups is 1. The van der Waals surface area contributed by atoms with Gasteiger partial charge in [-0.05, 0) is 50.7 Å². The van der Waals surface area contributed by atoms with Crippen LogP contribution in [-0.4, -0.2) is 89.1 Å². The van der Waals surface area contributed by atoms with Crippen molar-refractivity contribution in [3.8, 4) is 0 Å². The Morgan fingerprint density at radius 2 is 1.45 bits per heavy atom. The molecule has 4 atom stereocenters. The number of aliphatic hydroxyl groups is 1. The maximum absolute atomic E-state index is 12.7. The molecule has 11 N–H and O–H groups in total. The molecule has 0 spiro atoms. The van der Waals surface area contributed by atoms with Crippen molar-refractivity contribution in [1.29, 1.82) is 0 Å². The fourth-order valence-corrected chi connectivity index (χ4v) is 3.17. The molecule has 13 nitrogen and oxygen atoms in total. The van der Waals surface area contributed by atoms with Crippen molar-refractivity contribution in [3.63, 3.8) is 0 Å². The van der Waals surface area contributed by atoms with Crippen molar-refractivity contribution < 1.29 is 34.2 Å². The Hall–Kier alpha value is -2.42. The maximum atomic E-state index is 12.7. The first-order valence-electron chi connectivity index (χ1n) is 10.5. The number of aliphatic carboxylic acids is 1. The second-order valence-electron chi connectivity index (χ2n) is 7.38. The number of nitrogens with one attached hydrogen (secondary N) is 3. The highest BCUT2D eigenvalue weighted by molar-refractivity contribution is 7.98. The van der Waals surface area contributed by atoms with Gasteiger partial charge < -0.3 is 43.4 Å². The number of carbonyl (C=O) groups excluding carboxylic acids is 4. The molecule has 0 aromatic heterocycles. The summed E-state index contributed by atoms with van der Waals surface area (Å²) < 4.78 is 0. The van der Waals surface area contributed by atoms with E-state index in [1.165, 1.54) is 11.8 Å². The molecule has 0 aromatic rings. The molecule has 0 aromatic carbocycles. The molecule has 0 fully saturated rings. The zero-order valence-corrected chi connectivity index (χ0v) is 19.6. The average molecular weight is 493 g/mol. The molecular formula is C19H36N6O7S. The second-order valence-corrected chi connectivity index (χ2v) is 8.37. The van der Waals surface area contributed by atoms with Gasteiger partial charge in [0.1, 0.15) is 18.1 Å². The molecule has 0 aliphatic carbocycles. The summed E-state index contributed by atoms with van der Waals surface area (Å²) in [6.07, 6.45) is 3.11. The van der Waals surface area contributed by atoms with Crippen LogP contribution in [0, 0.1) is 0 Å². The van der Waals surface area contributed by atoms with E-state index in [0.29, 0.717) is 25.1 Å². The second kappa shape index (κ2) is 17.1. The number of carbonyl (C=O) groups is 5. The summed E-state index contributed by atoms with van der Waals surface area (Å²) in [5.74, 6) is -3.67. The normalized spacial score (nSPS) is 14.4. The first-order valence-corrected chi connectivity index (χ1v) is 11.9. The lowest BCUT2D eigenvalue weighted by Gasteiger charge is -2.24. The van der Waals surface area contributed by atoms with Crippen molar-refractivity contribution in [2.45, 2.75) is 62.7 Å². The highest BCUT2D eigenvalue weighted by atomic mass is 32.2. The van der Waals surface area contributed by atoms with E-state index >= 15 is 0 Å². The molecule has 0 radical (unpaired) electrons. The van der Waals surface area contributed by atoms with Gasteiger partial charge in [0.2, 0.25) is 23.6 Å².